The van der Waals surface area contributed by atoms with Crippen LogP contribution in [-0.2, 0) is 9.63 Å². The van der Waals surface area contributed by atoms with E-state index in [1.807, 2.05) is 43.0 Å². The number of carbonyl (C=O) groups excluding carboxylic acids is 1. The average Bonchev–Trinajstić information content (AvgIpc) is 2.64. The van der Waals surface area contributed by atoms with Crippen LogP contribution >= 0.6 is 11.6 Å². The zero-order chi connectivity index (χ0) is 22.7. The zero-order valence-corrected chi connectivity index (χ0v) is 20.4. The number of hydrogen-bond acceptors (Lipinski definition) is 3. The van der Waals surface area contributed by atoms with E-state index in [1.54, 1.807) is 0 Å². The van der Waals surface area contributed by atoms with Crippen LogP contribution in [0.1, 0.15) is 79.2 Å². The van der Waals surface area contributed by atoms with Gasteiger partial charge in [0.1, 0.15) is 6.10 Å². The van der Waals surface area contributed by atoms with Crippen LogP contribution in [0.4, 0.5) is 0 Å². The van der Waals surface area contributed by atoms with E-state index in [4.69, 9.17) is 16.4 Å². The molecule has 4 nitrogen and oxygen atoms in total. The zero-order valence-electron chi connectivity index (χ0n) is 19.6. The van der Waals surface area contributed by atoms with E-state index in [9.17, 15) is 4.79 Å². The maximum absolute atomic E-state index is 12.8. The fraction of sp³-hybridized carbons (Fsp3) is 0.600. The Morgan fingerprint density at radius 3 is 2.43 bits per heavy atom. The lowest BCUT2D eigenvalue weighted by molar-refractivity contribution is -0.134. The highest BCUT2D eigenvalue weighted by Crippen LogP contribution is 2.25. The standard InChI is InChI=1S/C25H39ClN2O2/c1-8-15-28(16-9-10-19(2)18-25(5,6)7)24(29)17-20(3)30-27-21(4)22-11-13-23(26)14-12-22/h11-14,20H,2,8-10,15-18H2,1,3-7H3/b27-21+. The molecule has 5 heteroatoms. The highest BCUT2D eigenvalue weighted by molar-refractivity contribution is 6.30. The van der Waals surface area contributed by atoms with Crippen LogP contribution in [0, 0.1) is 5.41 Å². The van der Waals surface area contributed by atoms with Crippen LogP contribution in [0.15, 0.2) is 41.6 Å². The van der Waals surface area contributed by atoms with E-state index >= 15 is 0 Å². The Labute approximate surface area is 188 Å². The number of allylic oxidation sites excluding steroid dienone is 1. The minimum Gasteiger partial charge on any atom is -0.392 e. The van der Waals surface area contributed by atoms with Gasteiger partial charge in [-0.25, -0.2) is 0 Å². The fourth-order valence-electron chi connectivity index (χ4n) is 3.31. The first-order valence-electron chi connectivity index (χ1n) is 10.9. The van der Waals surface area contributed by atoms with E-state index in [2.05, 4.69) is 39.4 Å². The van der Waals surface area contributed by atoms with Crippen molar-refractivity contribution in [2.45, 2.75) is 79.8 Å². The van der Waals surface area contributed by atoms with Crippen molar-refractivity contribution in [3.8, 4) is 0 Å². The van der Waals surface area contributed by atoms with Gasteiger partial charge in [0.25, 0.3) is 0 Å². The first kappa shape index (κ1) is 26.2. The molecule has 0 aliphatic rings. The number of hydrogen-bond donors (Lipinski definition) is 0. The van der Waals surface area contributed by atoms with Gasteiger partial charge in [0.05, 0.1) is 12.1 Å². The van der Waals surface area contributed by atoms with Gasteiger partial charge in [-0.2, -0.15) is 0 Å². The van der Waals surface area contributed by atoms with Crippen LogP contribution in [0.3, 0.4) is 0 Å². The minimum absolute atomic E-state index is 0.116. The molecule has 0 aromatic heterocycles. The highest BCUT2D eigenvalue weighted by atomic mass is 35.5. The van der Waals surface area contributed by atoms with Crippen molar-refractivity contribution < 1.29 is 9.63 Å². The molecule has 0 spiro atoms. The van der Waals surface area contributed by atoms with Gasteiger partial charge in [-0.05, 0) is 62.6 Å². The Balaban J connectivity index is 2.51. The van der Waals surface area contributed by atoms with Crippen molar-refractivity contribution in [1.29, 1.82) is 0 Å². The molecule has 30 heavy (non-hydrogen) atoms. The van der Waals surface area contributed by atoms with Crippen LogP contribution in [0.5, 0.6) is 0 Å². The number of rotatable bonds is 12. The number of benzene rings is 1. The average molecular weight is 435 g/mol. The lowest BCUT2D eigenvalue weighted by Crippen LogP contribution is -2.34. The number of nitrogens with zero attached hydrogens (tertiary/aromatic N) is 2. The summed E-state index contributed by atoms with van der Waals surface area (Å²) in [6.45, 7) is 18.3. The van der Waals surface area contributed by atoms with Gasteiger partial charge in [0.15, 0.2) is 0 Å². The summed E-state index contributed by atoms with van der Waals surface area (Å²) in [5.74, 6) is 0.116. The van der Waals surface area contributed by atoms with E-state index in [0.29, 0.717) is 11.4 Å². The van der Waals surface area contributed by atoms with Gasteiger partial charge in [0, 0.05) is 18.1 Å². The summed E-state index contributed by atoms with van der Waals surface area (Å²) in [5, 5.41) is 4.88. The lowest BCUT2D eigenvalue weighted by atomic mass is 9.87. The molecule has 0 saturated carbocycles. The number of oxime groups is 1. The summed E-state index contributed by atoms with van der Waals surface area (Å²) in [5.41, 5.74) is 3.22. The molecule has 1 amide bonds. The Morgan fingerprint density at radius 1 is 1.23 bits per heavy atom. The monoisotopic (exact) mass is 434 g/mol. The third kappa shape index (κ3) is 10.8. The molecule has 0 heterocycles. The van der Waals surface area contributed by atoms with E-state index < -0.39 is 0 Å². The molecule has 0 aliphatic heterocycles. The van der Waals surface area contributed by atoms with Gasteiger partial charge < -0.3 is 9.74 Å². The maximum atomic E-state index is 12.8. The molecule has 1 aromatic carbocycles. The summed E-state index contributed by atoms with van der Waals surface area (Å²) >= 11 is 5.92. The first-order chi connectivity index (χ1) is 14.0. The smallest absolute Gasteiger partial charge is 0.226 e. The molecule has 1 aromatic rings. The summed E-state index contributed by atoms with van der Waals surface area (Å²) in [7, 11) is 0. The predicted octanol–water partition coefficient (Wildman–Crippen LogP) is 6.87. The lowest BCUT2D eigenvalue weighted by Gasteiger charge is -2.24. The molecule has 0 fully saturated rings. The molecule has 168 valence electrons. The van der Waals surface area contributed by atoms with Crippen molar-refractivity contribution in [1.82, 2.24) is 4.90 Å². The Bertz CT molecular complexity index is 705. The van der Waals surface area contributed by atoms with Crippen molar-refractivity contribution in [2.24, 2.45) is 10.6 Å². The highest BCUT2D eigenvalue weighted by Gasteiger charge is 2.18. The van der Waals surface area contributed by atoms with Crippen molar-refractivity contribution in [2.75, 3.05) is 13.1 Å². The molecule has 1 atom stereocenters. The molecule has 0 bridgehead atoms. The second kappa shape index (κ2) is 12.8. The molecule has 0 radical (unpaired) electrons. The topological polar surface area (TPSA) is 41.9 Å². The van der Waals surface area contributed by atoms with Crippen LogP contribution in [0.2, 0.25) is 5.02 Å². The van der Waals surface area contributed by atoms with E-state index in [0.717, 1.165) is 50.0 Å². The van der Waals surface area contributed by atoms with E-state index in [1.165, 1.54) is 5.57 Å². The number of carbonyl (C=O) groups is 1. The van der Waals surface area contributed by atoms with Crippen molar-refractivity contribution >= 4 is 23.2 Å². The van der Waals surface area contributed by atoms with Gasteiger partial charge in [-0.3, -0.25) is 4.79 Å². The van der Waals surface area contributed by atoms with Gasteiger partial charge in [0.2, 0.25) is 5.91 Å². The summed E-state index contributed by atoms with van der Waals surface area (Å²) in [4.78, 5) is 20.3. The molecule has 0 saturated heterocycles. The molecular formula is C25H39ClN2O2. The van der Waals surface area contributed by atoms with Crippen LogP contribution in [-0.4, -0.2) is 35.7 Å². The Kier molecular flexibility index (Phi) is 11.2. The molecular weight excluding hydrogens is 396 g/mol. The summed E-state index contributed by atoms with van der Waals surface area (Å²) in [6, 6.07) is 7.44. The maximum Gasteiger partial charge on any atom is 0.226 e. The Morgan fingerprint density at radius 2 is 1.87 bits per heavy atom. The predicted molar refractivity (Wildman–Crippen MR) is 128 cm³/mol. The molecule has 0 aliphatic carbocycles. The number of halogens is 1. The molecule has 0 N–H and O–H groups in total. The van der Waals surface area contributed by atoms with E-state index in [-0.39, 0.29) is 17.4 Å². The molecule has 1 rings (SSSR count). The Hall–Kier alpha value is -1.81. The third-order valence-corrected chi connectivity index (χ3v) is 4.93. The van der Waals surface area contributed by atoms with Gasteiger partial charge in [-0.1, -0.05) is 68.7 Å². The fourth-order valence-corrected chi connectivity index (χ4v) is 3.44. The minimum atomic E-state index is -0.282. The van der Waals surface area contributed by atoms with Crippen LogP contribution in [0.25, 0.3) is 0 Å². The number of amides is 1. The summed E-state index contributed by atoms with van der Waals surface area (Å²) < 4.78 is 0. The van der Waals surface area contributed by atoms with Gasteiger partial charge >= 0.3 is 0 Å². The second-order valence-electron chi connectivity index (χ2n) is 9.28. The van der Waals surface area contributed by atoms with Crippen molar-refractivity contribution in [3.63, 3.8) is 0 Å². The van der Waals surface area contributed by atoms with Crippen LogP contribution < -0.4 is 0 Å². The third-order valence-electron chi connectivity index (χ3n) is 4.68. The normalized spacial score (nSPS) is 13.1. The largest absolute Gasteiger partial charge is 0.392 e. The summed E-state index contributed by atoms with van der Waals surface area (Å²) in [6.07, 6.45) is 3.91. The quantitative estimate of drug-likeness (QED) is 0.204. The van der Waals surface area contributed by atoms with Crippen molar-refractivity contribution in [3.05, 3.63) is 47.0 Å². The van der Waals surface area contributed by atoms with Gasteiger partial charge in [-0.15, -0.1) is 0 Å². The SMILES string of the molecule is C=C(CCCN(CCC)C(=O)CC(C)O/N=C(\C)c1ccc(Cl)cc1)CC(C)(C)C. The first-order valence-corrected chi connectivity index (χ1v) is 11.3. The molecule has 1 unspecified atom stereocenters. The second-order valence-corrected chi connectivity index (χ2v) is 9.71.